The number of ether oxygens (including phenoxy) is 1. The van der Waals surface area contributed by atoms with Gasteiger partial charge < -0.3 is 4.74 Å². The van der Waals surface area contributed by atoms with Crippen molar-refractivity contribution in [3.05, 3.63) is 57.2 Å². The normalized spacial score (nSPS) is 13.2. The molecule has 2 aromatic rings. The first-order valence-electron chi connectivity index (χ1n) is 6.51. The second-order valence-electron chi connectivity index (χ2n) is 4.65. The number of hydrogen-bond acceptors (Lipinski definition) is 3. The Kier molecular flexibility index (Phi) is 5.38. The predicted molar refractivity (Wildman–Crippen MR) is 89.2 cm³/mol. The summed E-state index contributed by atoms with van der Waals surface area (Å²) >= 11 is 6.87. The van der Waals surface area contributed by atoms with Crippen LogP contribution < -0.4 is 4.74 Å². The Bertz CT molecular complexity index is 655. The van der Waals surface area contributed by atoms with Gasteiger partial charge >= 0.3 is 0 Å². The number of halogens is 2. The lowest BCUT2D eigenvalue weighted by atomic mass is 9.81. The summed E-state index contributed by atoms with van der Waals surface area (Å²) in [4.78, 5) is 4.11. The summed E-state index contributed by atoms with van der Waals surface area (Å²) in [5.74, 6) is 0.718. The van der Waals surface area contributed by atoms with Crippen LogP contribution in [-0.2, 0) is 5.41 Å². The fourth-order valence-corrected chi connectivity index (χ4v) is 3.17. The van der Waals surface area contributed by atoms with E-state index in [9.17, 15) is 5.26 Å². The summed E-state index contributed by atoms with van der Waals surface area (Å²) in [6, 6.07) is 11.8. The van der Waals surface area contributed by atoms with Crippen molar-refractivity contribution in [2.24, 2.45) is 0 Å². The number of benzene rings is 1. The average Bonchev–Trinajstić information content (AvgIpc) is 2.51. The molecule has 0 N–H and O–H groups in total. The van der Waals surface area contributed by atoms with Crippen LogP contribution in [0.25, 0.3) is 0 Å². The molecule has 1 aromatic carbocycles. The predicted octanol–water partition coefficient (Wildman–Crippen LogP) is 4.86. The van der Waals surface area contributed by atoms with Crippen molar-refractivity contribution in [1.29, 1.82) is 5.26 Å². The smallest absolute Gasteiger partial charge is 0.133 e. The van der Waals surface area contributed by atoms with E-state index in [1.54, 1.807) is 12.4 Å². The summed E-state index contributed by atoms with van der Waals surface area (Å²) in [6.07, 6.45) is 4.09. The summed E-state index contributed by atoms with van der Waals surface area (Å²) < 4.78 is 7.70. The zero-order chi connectivity index (χ0) is 15.3. The maximum absolute atomic E-state index is 9.64. The number of pyridine rings is 1. The van der Waals surface area contributed by atoms with Crippen molar-refractivity contribution < 1.29 is 4.74 Å². The number of hydrogen-bond donors (Lipinski definition) is 0. The number of nitriles is 1. The molecule has 0 saturated heterocycles. The van der Waals surface area contributed by atoms with Gasteiger partial charge in [-0.25, -0.2) is 0 Å². The van der Waals surface area contributed by atoms with Gasteiger partial charge in [-0.15, -0.1) is 0 Å². The lowest BCUT2D eigenvalue weighted by Gasteiger charge is -2.25. The van der Waals surface area contributed by atoms with Crippen LogP contribution in [0.3, 0.4) is 0 Å². The Labute approximate surface area is 141 Å². The first-order valence-corrected chi connectivity index (χ1v) is 8.09. The zero-order valence-electron chi connectivity index (χ0n) is 11.5. The molecule has 2 rings (SSSR count). The molecule has 0 aliphatic heterocycles. The van der Waals surface area contributed by atoms with Gasteiger partial charge in [-0.3, -0.25) is 4.98 Å². The van der Waals surface area contributed by atoms with Gasteiger partial charge in [0.2, 0.25) is 0 Å². The van der Waals surface area contributed by atoms with Crippen molar-refractivity contribution in [3.8, 4) is 11.8 Å². The first kappa shape index (κ1) is 16.0. The first-order chi connectivity index (χ1) is 10.1. The molecule has 0 bridgehead atoms. The van der Waals surface area contributed by atoms with Crippen LogP contribution in [0, 0.1) is 11.3 Å². The monoisotopic (exact) mass is 408 g/mol. The molecule has 0 aliphatic rings. The highest BCUT2D eigenvalue weighted by Gasteiger charge is 2.32. The van der Waals surface area contributed by atoms with E-state index < -0.39 is 5.41 Å². The largest absolute Gasteiger partial charge is 0.490 e. The van der Waals surface area contributed by atoms with E-state index in [0.29, 0.717) is 6.42 Å². The maximum Gasteiger partial charge on any atom is 0.133 e. The van der Waals surface area contributed by atoms with Gasteiger partial charge in [-0.2, -0.15) is 5.26 Å². The van der Waals surface area contributed by atoms with E-state index in [0.717, 1.165) is 20.3 Å². The van der Waals surface area contributed by atoms with Gasteiger partial charge in [0, 0.05) is 16.9 Å². The Balaban J connectivity index is 2.24. The van der Waals surface area contributed by atoms with Gasteiger partial charge in [0.15, 0.2) is 0 Å². The van der Waals surface area contributed by atoms with Crippen LogP contribution >= 0.6 is 31.9 Å². The molecule has 0 aliphatic carbocycles. The van der Waals surface area contributed by atoms with Crippen LogP contribution in [0.1, 0.15) is 18.9 Å². The van der Waals surface area contributed by atoms with Crippen LogP contribution in [0.4, 0.5) is 0 Å². The van der Waals surface area contributed by atoms with Crippen molar-refractivity contribution in [3.63, 3.8) is 0 Å². The third-order valence-electron chi connectivity index (χ3n) is 3.40. The highest BCUT2D eigenvalue weighted by atomic mass is 79.9. The quantitative estimate of drug-likeness (QED) is 0.708. The standard InChI is InChI=1S/C16H14Br2N2O/c1-2-16(10-19,12-4-3-7-20-9-12)11-21-15-6-5-13(17)8-14(15)18/h3-9H,2,11H2,1H3. The second-order valence-corrected chi connectivity index (χ2v) is 6.42. The van der Waals surface area contributed by atoms with Gasteiger partial charge in [0.05, 0.1) is 10.5 Å². The van der Waals surface area contributed by atoms with E-state index in [2.05, 4.69) is 42.9 Å². The molecule has 5 heteroatoms. The van der Waals surface area contributed by atoms with Gasteiger partial charge in [0.1, 0.15) is 17.8 Å². The molecule has 1 atom stereocenters. The second kappa shape index (κ2) is 7.06. The number of rotatable bonds is 5. The molecule has 1 heterocycles. The Morgan fingerprint density at radius 2 is 2.14 bits per heavy atom. The number of aromatic nitrogens is 1. The molecule has 0 fully saturated rings. The average molecular weight is 410 g/mol. The molecule has 21 heavy (non-hydrogen) atoms. The van der Waals surface area contributed by atoms with Crippen molar-refractivity contribution in [2.45, 2.75) is 18.8 Å². The molecular formula is C16H14Br2N2O. The number of nitrogens with zero attached hydrogens (tertiary/aromatic N) is 2. The Morgan fingerprint density at radius 3 is 2.71 bits per heavy atom. The molecule has 0 radical (unpaired) electrons. The third kappa shape index (κ3) is 3.63. The van der Waals surface area contributed by atoms with E-state index in [4.69, 9.17) is 4.74 Å². The van der Waals surface area contributed by atoms with Crippen LogP contribution in [-0.4, -0.2) is 11.6 Å². The van der Waals surface area contributed by atoms with Crippen LogP contribution in [0.2, 0.25) is 0 Å². The lowest BCUT2D eigenvalue weighted by Crippen LogP contribution is -2.31. The van der Waals surface area contributed by atoms with Crippen molar-refractivity contribution in [2.75, 3.05) is 6.61 Å². The lowest BCUT2D eigenvalue weighted by molar-refractivity contribution is 0.245. The molecule has 1 unspecified atom stereocenters. The maximum atomic E-state index is 9.64. The van der Waals surface area contributed by atoms with Crippen LogP contribution in [0.5, 0.6) is 5.75 Å². The molecule has 0 saturated carbocycles. The zero-order valence-corrected chi connectivity index (χ0v) is 14.7. The minimum Gasteiger partial charge on any atom is -0.490 e. The van der Waals surface area contributed by atoms with Gasteiger partial charge in [-0.1, -0.05) is 28.9 Å². The fraction of sp³-hybridized carbons (Fsp3) is 0.250. The summed E-state index contributed by atoms with van der Waals surface area (Å²) in [6.45, 7) is 2.27. The van der Waals surface area contributed by atoms with Gasteiger partial charge in [-0.05, 0) is 52.2 Å². The summed E-state index contributed by atoms with van der Waals surface area (Å²) in [7, 11) is 0. The highest BCUT2D eigenvalue weighted by molar-refractivity contribution is 9.11. The van der Waals surface area contributed by atoms with Crippen molar-refractivity contribution >= 4 is 31.9 Å². The highest BCUT2D eigenvalue weighted by Crippen LogP contribution is 2.32. The summed E-state index contributed by atoms with van der Waals surface area (Å²) in [5.41, 5.74) is 0.184. The minimum atomic E-state index is -0.694. The molecule has 3 nitrogen and oxygen atoms in total. The Morgan fingerprint density at radius 1 is 1.33 bits per heavy atom. The van der Waals surface area contributed by atoms with E-state index >= 15 is 0 Å². The fourth-order valence-electron chi connectivity index (χ4n) is 2.00. The Hall–Kier alpha value is -1.38. The SMILES string of the molecule is CCC(C#N)(COc1ccc(Br)cc1Br)c1cccnc1. The third-order valence-corrected chi connectivity index (χ3v) is 4.51. The molecule has 0 spiro atoms. The molecule has 0 amide bonds. The van der Waals surface area contributed by atoms with Crippen LogP contribution in [0.15, 0.2) is 51.7 Å². The van der Waals surface area contributed by atoms with E-state index in [-0.39, 0.29) is 6.61 Å². The van der Waals surface area contributed by atoms with E-state index in [1.165, 1.54) is 0 Å². The minimum absolute atomic E-state index is 0.284. The molecular weight excluding hydrogens is 396 g/mol. The van der Waals surface area contributed by atoms with E-state index in [1.807, 2.05) is 37.3 Å². The summed E-state index contributed by atoms with van der Waals surface area (Å²) in [5, 5.41) is 9.64. The molecule has 1 aromatic heterocycles. The van der Waals surface area contributed by atoms with Crippen molar-refractivity contribution in [1.82, 2.24) is 4.98 Å². The molecule has 108 valence electrons. The van der Waals surface area contributed by atoms with Gasteiger partial charge in [0.25, 0.3) is 0 Å². The topological polar surface area (TPSA) is 45.9 Å².